The van der Waals surface area contributed by atoms with Gasteiger partial charge >= 0.3 is 0 Å². The molecule has 1 saturated carbocycles. The summed E-state index contributed by atoms with van der Waals surface area (Å²) in [6.07, 6.45) is 4.96. The number of hydrogen-bond acceptors (Lipinski definition) is 6. The summed E-state index contributed by atoms with van der Waals surface area (Å²) in [7, 11) is -3.09. The van der Waals surface area contributed by atoms with Crippen molar-refractivity contribution in [2.45, 2.75) is 37.0 Å². The molecule has 8 heteroatoms. The predicted molar refractivity (Wildman–Crippen MR) is 76.6 cm³/mol. The summed E-state index contributed by atoms with van der Waals surface area (Å²) < 4.78 is 26.1. The highest BCUT2D eigenvalue weighted by molar-refractivity contribution is 7.90. The summed E-state index contributed by atoms with van der Waals surface area (Å²) in [4.78, 5) is 8.19. The molecule has 0 radical (unpaired) electrons. The van der Waals surface area contributed by atoms with Crippen molar-refractivity contribution in [2.24, 2.45) is 0 Å². The zero-order valence-electron chi connectivity index (χ0n) is 11.2. The largest absolute Gasteiger partial charge is 0.384 e. The van der Waals surface area contributed by atoms with Gasteiger partial charge in [-0.25, -0.2) is 13.4 Å². The Labute approximate surface area is 118 Å². The number of nitrogens with one attached hydrogen (secondary N) is 1. The third kappa shape index (κ3) is 2.85. The summed E-state index contributed by atoms with van der Waals surface area (Å²) in [6, 6.07) is 1.66. The van der Waals surface area contributed by atoms with Crippen LogP contribution in [0.4, 0.5) is 11.8 Å². The van der Waals surface area contributed by atoms with Crippen molar-refractivity contribution in [3.63, 3.8) is 0 Å². The first-order valence-corrected chi connectivity index (χ1v) is 8.40. The van der Waals surface area contributed by atoms with Crippen LogP contribution in [0.25, 0.3) is 0 Å². The molecule has 1 saturated heterocycles. The Morgan fingerprint density at radius 3 is 2.85 bits per heavy atom. The second kappa shape index (κ2) is 5.17. The Balaban J connectivity index is 1.66. The Morgan fingerprint density at radius 1 is 1.35 bits per heavy atom. The van der Waals surface area contributed by atoms with Crippen LogP contribution in [-0.2, 0) is 10.0 Å². The number of rotatable bonds is 4. The molecule has 3 rings (SSSR count). The van der Waals surface area contributed by atoms with E-state index in [1.807, 2.05) is 0 Å². The Bertz CT molecular complexity index is 587. The van der Waals surface area contributed by atoms with Crippen LogP contribution < -0.4 is 11.1 Å². The number of sulfonamides is 1. The number of anilines is 2. The van der Waals surface area contributed by atoms with Crippen LogP contribution in [0.15, 0.2) is 12.3 Å². The van der Waals surface area contributed by atoms with Crippen LogP contribution in [0.2, 0.25) is 0 Å². The molecule has 110 valence electrons. The van der Waals surface area contributed by atoms with E-state index >= 15 is 0 Å². The van der Waals surface area contributed by atoms with E-state index in [-0.39, 0.29) is 11.3 Å². The predicted octanol–water partition coefficient (Wildman–Crippen LogP) is 0.427. The number of nitrogens with two attached hydrogens (primary N) is 1. The molecular formula is C12H19N5O2S. The topological polar surface area (TPSA) is 101 Å². The van der Waals surface area contributed by atoms with E-state index in [9.17, 15) is 8.42 Å². The van der Waals surface area contributed by atoms with E-state index in [4.69, 9.17) is 5.73 Å². The van der Waals surface area contributed by atoms with Crippen LogP contribution in [0.5, 0.6) is 0 Å². The fraction of sp³-hybridized carbons (Fsp3) is 0.667. The maximum Gasteiger partial charge on any atom is 0.224 e. The molecule has 0 amide bonds. The molecule has 3 N–H and O–H groups in total. The standard InChI is InChI=1S/C12H19N5O2S/c13-11-5-6-14-12(16-11)15-9-2-1-7-17(8-9)20(18,19)10-3-4-10/h5-6,9-10H,1-4,7-8H2,(H3,13,14,15,16)/t9-/m1/s1. The second-order valence-corrected chi connectivity index (χ2v) is 7.60. The molecule has 0 aromatic carbocycles. The van der Waals surface area contributed by atoms with Crippen LogP contribution >= 0.6 is 0 Å². The van der Waals surface area contributed by atoms with E-state index in [1.54, 1.807) is 16.6 Å². The third-order valence-electron chi connectivity index (χ3n) is 3.70. The molecule has 1 aromatic heterocycles. The lowest BCUT2D eigenvalue weighted by Crippen LogP contribution is -2.46. The van der Waals surface area contributed by atoms with Gasteiger partial charge in [-0.1, -0.05) is 0 Å². The molecule has 1 aliphatic heterocycles. The maximum absolute atomic E-state index is 12.2. The minimum atomic E-state index is -3.09. The van der Waals surface area contributed by atoms with Crippen LogP contribution in [0.3, 0.4) is 0 Å². The van der Waals surface area contributed by atoms with Crippen molar-refractivity contribution >= 4 is 21.8 Å². The Kier molecular flexibility index (Phi) is 3.51. The fourth-order valence-electron chi connectivity index (χ4n) is 2.49. The lowest BCUT2D eigenvalue weighted by molar-refractivity contribution is 0.326. The minimum absolute atomic E-state index is 0.0408. The molecule has 2 aliphatic rings. The highest BCUT2D eigenvalue weighted by atomic mass is 32.2. The van der Waals surface area contributed by atoms with Gasteiger partial charge in [0.1, 0.15) is 5.82 Å². The average Bonchev–Trinajstić information content (AvgIpc) is 3.23. The maximum atomic E-state index is 12.2. The number of nitrogens with zero attached hydrogens (tertiary/aromatic N) is 3. The minimum Gasteiger partial charge on any atom is -0.384 e. The Morgan fingerprint density at radius 2 is 2.15 bits per heavy atom. The number of nitrogen functional groups attached to an aromatic ring is 1. The highest BCUT2D eigenvalue weighted by Crippen LogP contribution is 2.32. The quantitative estimate of drug-likeness (QED) is 0.835. The summed E-state index contributed by atoms with van der Waals surface area (Å²) in [5.41, 5.74) is 5.61. The number of piperidine rings is 1. The van der Waals surface area contributed by atoms with Crippen molar-refractivity contribution < 1.29 is 8.42 Å². The number of aromatic nitrogens is 2. The van der Waals surface area contributed by atoms with Gasteiger partial charge in [0, 0.05) is 25.3 Å². The summed E-state index contributed by atoms with van der Waals surface area (Å²) >= 11 is 0. The first-order valence-electron chi connectivity index (χ1n) is 6.90. The van der Waals surface area contributed by atoms with Crippen molar-refractivity contribution in [3.8, 4) is 0 Å². The van der Waals surface area contributed by atoms with E-state index < -0.39 is 10.0 Å². The fourth-order valence-corrected chi connectivity index (χ4v) is 4.42. The van der Waals surface area contributed by atoms with Gasteiger partial charge in [0.25, 0.3) is 0 Å². The molecule has 7 nitrogen and oxygen atoms in total. The number of hydrogen-bond donors (Lipinski definition) is 2. The van der Waals surface area contributed by atoms with E-state index in [2.05, 4.69) is 15.3 Å². The summed E-state index contributed by atoms with van der Waals surface area (Å²) in [5, 5.41) is 3.03. The second-order valence-electron chi connectivity index (χ2n) is 5.39. The van der Waals surface area contributed by atoms with Gasteiger partial charge in [0.2, 0.25) is 16.0 Å². The van der Waals surface area contributed by atoms with Gasteiger partial charge in [-0.15, -0.1) is 0 Å². The molecule has 2 fully saturated rings. The molecule has 0 unspecified atom stereocenters. The first kappa shape index (κ1) is 13.6. The monoisotopic (exact) mass is 297 g/mol. The zero-order chi connectivity index (χ0) is 14.2. The van der Waals surface area contributed by atoms with Gasteiger partial charge in [0.05, 0.1) is 5.25 Å². The van der Waals surface area contributed by atoms with Crippen LogP contribution in [0.1, 0.15) is 25.7 Å². The van der Waals surface area contributed by atoms with Crippen LogP contribution in [0, 0.1) is 0 Å². The molecule has 1 atom stereocenters. The average molecular weight is 297 g/mol. The van der Waals surface area contributed by atoms with Crippen molar-refractivity contribution in [3.05, 3.63) is 12.3 Å². The van der Waals surface area contributed by atoms with E-state index in [1.165, 1.54) is 0 Å². The van der Waals surface area contributed by atoms with Gasteiger partial charge in [0.15, 0.2) is 0 Å². The lowest BCUT2D eigenvalue weighted by atomic mass is 10.1. The van der Waals surface area contributed by atoms with Gasteiger partial charge in [-0.3, -0.25) is 0 Å². The van der Waals surface area contributed by atoms with Gasteiger partial charge in [-0.05, 0) is 31.7 Å². The van der Waals surface area contributed by atoms with Crippen molar-refractivity contribution in [2.75, 3.05) is 24.1 Å². The summed E-state index contributed by atoms with van der Waals surface area (Å²) in [5.74, 6) is 0.862. The summed E-state index contributed by atoms with van der Waals surface area (Å²) in [6.45, 7) is 1.10. The first-order chi connectivity index (χ1) is 9.55. The molecule has 2 heterocycles. The highest BCUT2D eigenvalue weighted by Gasteiger charge is 2.41. The van der Waals surface area contributed by atoms with Crippen LogP contribution in [-0.4, -0.2) is 47.1 Å². The molecule has 1 aromatic rings. The Hall–Kier alpha value is -1.41. The van der Waals surface area contributed by atoms with Crippen molar-refractivity contribution in [1.82, 2.24) is 14.3 Å². The smallest absolute Gasteiger partial charge is 0.224 e. The van der Waals surface area contributed by atoms with Crippen molar-refractivity contribution in [1.29, 1.82) is 0 Å². The zero-order valence-corrected chi connectivity index (χ0v) is 12.0. The molecule has 0 spiro atoms. The normalized spacial score (nSPS) is 24.5. The third-order valence-corrected chi connectivity index (χ3v) is 6.07. The molecule has 0 bridgehead atoms. The molecular weight excluding hydrogens is 278 g/mol. The SMILES string of the molecule is Nc1ccnc(N[C@@H]2CCCN(S(=O)(=O)C3CC3)C2)n1. The molecule has 1 aliphatic carbocycles. The van der Waals surface area contributed by atoms with E-state index in [0.717, 1.165) is 25.7 Å². The lowest BCUT2D eigenvalue weighted by Gasteiger charge is -2.32. The molecule has 20 heavy (non-hydrogen) atoms. The van der Waals surface area contributed by atoms with E-state index in [0.29, 0.717) is 24.9 Å². The van der Waals surface area contributed by atoms with Gasteiger partial charge < -0.3 is 11.1 Å². The van der Waals surface area contributed by atoms with Gasteiger partial charge in [-0.2, -0.15) is 9.29 Å².